The molecule has 2 heterocycles. The number of aliphatic hydroxyl groups is 1. The minimum absolute atomic E-state index is 0.161. The molecule has 2 rings (SSSR count). The van der Waals surface area contributed by atoms with Crippen molar-refractivity contribution in [1.29, 1.82) is 0 Å². The monoisotopic (exact) mass is 262 g/mol. The Hall–Kier alpha value is -0.170. The topological polar surface area (TPSA) is 69.6 Å². The summed E-state index contributed by atoms with van der Waals surface area (Å²) in [4.78, 5) is 2.31. The second-order valence-corrected chi connectivity index (χ2v) is 7.30. The third kappa shape index (κ3) is 3.64. The number of nitrogens with zero attached hydrogens (tertiary/aromatic N) is 1. The molecule has 0 aliphatic carbocycles. The van der Waals surface area contributed by atoms with E-state index in [1.165, 1.54) is 0 Å². The number of likely N-dealkylation sites (tertiary alicyclic amines) is 1. The van der Waals surface area contributed by atoms with Gasteiger partial charge >= 0.3 is 0 Å². The van der Waals surface area contributed by atoms with E-state index in [2.05, 4.69) is 10.2 Å². The van der Waals surface area contributed by atoms with Crippen LogP contribution in [0.2, 0.25) is 0 Å². The smallest absolute Gasteiger partial charge is 0.151 e. The van der Waals surface area contributed by atoms with Crippen molar-refractivity contribution in [3.63, 3.8) is 0 Å². The summed E-state index contributed by atoms with van der Waals surface area (Å²) in [5.41, 5.74) is 0. The number of nitrogens with one attached hydrogen (secondary N) is 1. The van der Waals surface area contributed by atoms with Crippen molar-refractivity contribution in [2.75, 3.05) is 37.7 Å². The summed E-state index contributed by atoms with van der Waals surface area (Å²) < 4.78 is 22.9. The molecule has 6 heteroatoms. The molecule has 2 aliphatic heterocycles. The van der Waals surface area contributed by atoms with Gasteiger partial charge in [0, 0.05) is 25.2 Å². The number of rotatable bonds is 4. The zero-order chi connectivity index (χ0) is 12.3. The van der Waals surface area contributed by atoms with Gasteiger partial charge in [0.2, 0.25) is 0 Å². The standard InChI is InChI=1S/C11H22N2O3S/c14-6-4-12-10-2-1-5-13(8-10)11-3-7-17(15,16)9-11/h10-12,14H,1-9H2. The Morgan fingerprint density at radius 2 is 2.18 bits per heavy atom. The number of aliphatic hydroxyl groups excluding tert-OH is 1. The van der Waals surface area contributed by atoms with E-state index in [9.17, 15) is 8.42 Å². The summed E-state index contributed by atoms with van der Waals surface area (Å²) in [7, 11) is -2.78. The zero-order valence-electron chi connectivity index (χ0n) is 10.1. The molecule has 100 valence electrons. The van der Waals surface area contributed by atoms with Gasteiger partial charge in [0.05, 0.1) is 18.1 Å². The van der Waals surface area contributed by atoms with Crippen molar-refractivity contribution in [2.24, 2.45) is 0 Å². The second-order valence-electron chi connectivity index (χ2n) is 5.07. The van der Waals surface area contributed by atoms with Gasteiger partial charge in [-0.25, -0.2) is 8.42 Å². The maximum absolute atomic E-state index is 11.5. The van der Waals surface area contributed by atoms with E-state index in [0.29, 0.717) is 24.1 Å². The summed E-state index contributed by atoms with van der Waals surface area (Å²) in [5.74, 6) is 0.683. The highest BCUT2D eigenvalue weighted by Crippen LogP contribution is 2.21. The molecule has 2 unspecified atom stereocenters. The minimum atomic E-state index is -2.78. The van der Waals surface area contributed by atoms with Gasteiger partial charge < -0.3 is 10.4 Å². The predicted molar refractivity (Wildman–Crippen MR) is 66.7 cm³/mol. The van der Waals surface area contributed by atoms with Gasteiger partial charge in [0.15, 0.2) is 9.84 Å². The first-order chi connectivity index (χ1) is 8.11. The van der Waals surface area contributed by atoms with Crippen LogP contribution in [0.4, 0.5) is 0 Å². The van der Waals surface area contributed by atoms with E-state index in [4.69, 9.17) is 5.11 Å². The van der Waals surface area contributed by atoms with Crippen LogP contribution in [0.3, 0.4) is 0 Å². The largest absolute Gasteiger partial charge is 0.395 e. The van der Waals surface area contributed by atoms with E-state index < -0.39 is 9.84 Å². The van der Waals surface area contributed by atoms with E-state index >= 15 is 0 Å². The van der Waals surface area contributed by atoms with E-state index in [1.54, 1.807) is 0 Å². The lowest BCUT2D eigenvalue weighted by atomic mass is 10.0. The van der Waals surface area contributed by atoms with Crippen LogP contribution in [-0.2, 0) is 9.84 Å². The molecule has 0 aromatic carbocycles. The van der Waals surface area contributed by atoms with Crippen LogP contribution >= 0.6 is 0 Å². The van der Waals surface area contributed by atoms with Crippen LogP contribution in [0, 0.1) is 0 Å². The molecule has 17 heavy (non-hydrogen) atoms. The zero-order valence-corrected chi connectivity index (χ0v) is 11.0. The number of sulfone groups is 1. The molecule has 2 saturated heterocycles. The lowest BCUT2D eigenvalue weighted by Gasteiger charge is -2.36. The van der Waals surface area contributed by atoms with Gasteiger partial charge in [-0.15, -0.1) is 0 Å². The molecule has 2 N–H and O–H groups in total. The Kier molecular flexibility index (Phi) is 4.41. The molecule has 0 spiro atoms. The van der Waals surface area contributed by atoms with Gasteiger partial charge in [-0.1, -0.05) is 0 Å². The van der Waals surface area contributed by atoms with Crippen molar-refractivity contribution < 1.29 is 13.5 Å². The molecular weight excluding hydrogens is 240 g/mol. The molecule has 0 aromatic heterocycles. The van der Waals surface area contributed by atoms with E-state index in [1.807, 2.05) is 0 Å². The molecule has 0 aromatic rings. The molecule has 2 aliphatic rings. The Labute approximate surface area is 103 Å². The summed E-state index contributed by atoms with van der Waals surface area (Å²) in [6, 6.07) is 0.623. The first-order valence-corrected chi connectivity index (χ1v) is 8.21. The molecule has 0 bridgehead atoms. The quantitative estimate of drug-likeness (QED) is 0.695. The van der Waals surface area contributed by atoms with Crippen LogP contribution in [0.5, 0.6) is 0 Å². The van der Waals surface area contributed by atoms with Crippen LogP contribution in [0.25, 0.3) is 0 Å². The first-order valence-electron chi connectivity index (χ1n) is 6.39. The van der Waals surface area contributed by atoms with Crippen LogP contribution < -0.4 is 5.32 Å². The number of piperidine rings is 1. The second kappa shape index (κ2) is 5.65. The fraction of sp³-hybridized carbons (Fsp3) is 1.00. The van der Waals surface area contributed by atoms with Gasteiger partial charge in [0.25, 0.3) is 0 Å². The third-order valence-corrected chi connectivity index (χ3v) is 5.47. The Morgan fingerprint density at radius 3 is 2.82 bits per heavy atom. The molecule has 0 radical (unpaired) electrons. The highest BCUT2D eigenvalue weighted by Gasteiger charge is 2.34. The summed E-state index contributed by atoms with van der Waals surface area (Å²) in [6.07, 6.45) is 3.02. The van der Waals surface area contributed by atoms with Gasteiger partial charge in [-0.3, -0.25) is 4.90 Å². The molecule has 2 fully saturated rings. The summed E-state index contributed by atoms with van der Waals surface area (Å²) in [5, 5.41) is 12.1. The van der Waals surface area contributed by atoms with Crippen molar-refractivity contribution in [3.05, 3.63) is 0 Å². The highest BCUT2D eigenvalue weighted by atomic mass is 32.2. The van der Waals surface area contributed by atoms with Crippen LogP contribution in [0.1, 0.15) is 19.3 Å². The fourth-order valence-corrected chi connectivity index (χ4v) is 4.60. The predicted octanol–water partition coefficient (Wildman–Crippen LogP) is -0.780. The van der Waals surface area contributed by atoms with Crippen molar-refractivity contribution in [3.8, 4) is 0 Å². The molecule has 0 amide bonds. The maximum Gasteiger partial charge on any atom is 0.151 e. The fourth-order valence-electron chi connectivity index (χ4n) is 2.84. The SMILES string of the molecule is O=S1(=O)CCC(N2CCCC(NCCO)C2)C1. The Balaban J connectivity index is 1.85. The lowest BCUT2D eigenvalue weighted by Crippen LogP contribution is -2.50. The van der Waals surface area contributed by atoms with Crippen molar-refractivity contribution in [2.45, 2.75) is 31.3 Å². The first kappa shape index (κ1) is 13.3. The van der Waals surface area contributed by atoms with Crippen molar-refractivity contribution in [1.82, 2.24) is 10.2 Å². The molecule has 0 saturated carbocycles. The van der Waals surface area contributed by atoms with E-state index in [-0.39, 0.29) is 12.6 Å². The van der Waals surface area contributed by atoms with Gasteiger partial charge in [-0.05, 0) is 25.8 Å². The number of hydrogen-bond donors (Lipinski definition) is 2. The van der Waals surface area contributed by atoms with Crippen LogP contribution in [0.15, 0.2) is 0 Å². The minimum Gasteiger partial charge on any atom is -0.395 e. The summed E-state index contributed by atoms with van der Waals surface area (Å²) >= 11 is 0. The Morgan fingerprint density at radius 1 is 1.35 bits per heavy atom. The van der Waals surface area contributed by atoms with Crippen LogP contribution in [-0.4, -0.2) is 68.3 Å². The maximum atomic E-state index is 11.5. The normalized spacial score (nSPS) is 33.9. The average molecular weight is 262 g/mol. The molecule has 2 atom stereocenters. The van der Waals surface area contributed by atoms with Crippen molar-refractivity contribution >= 4 is 9.84 Å². The lowest BCUT2D eigenvalue weighted by molar-refractivity contribution is 0.144. The molecular formula is C11H22N2O3S. The summed E-state index contributed by atoms with van der Waals surface area (Å²) in [6.45, 7) is 2.72. The van der Waals surface area contributed by atoms with Gasteiger partial charge in [-0.2, -0.15) is 0 Å². The Bertz CT molecular complexity index is 345. The highest BCUT2D eigenvalue weighted by molar-refractivity contribution is 7.91. The average Bonchev–Trinajstić information content (AvgIpc) is 2.67. The van der Waals surface area contributed by atoms with Gasteiger partial charge in [0.1, 0.15) is 0 Å². The number of hydrogen-bond acceptors (Lipinski definition) is 5. The molecule has 5 nitrogen and oxygen atoms in total. The third-order valence-electron chi connectivity index (χ3n) is 3.72. The van der Waals surface area contributed by atoms with E-state index in [0.717, 1.165) is 32.4 Å².